The Balaban J connectivity index is 0.00000225. The number of aliphatic hydroxyl groups is 1. The number of amides is 2. The van der Waals surface area contributed by atoms with Crippen LogP contribution in [0.15, 0.2) is 12.2 Å². The first-order valence-corrected chi connectivity index (χ1v) is 5.05. The summed E-state index contributed by atoms with van der Waals surface area (Å²) in [4.78, 5) is 24.2. The number of aliphatic hydroxyl groups excluding tert-OH is 1. The van der Waals surface area contributed by atoms with Gasteiger partial charge >= 0.3 is 0 Å². The van der Waals surface area contributed by atoms with Gasteiger partial charge in [0.05, 0.1) is 0 Å². The number of imide groups is 1. The molecular formula is C11H19NO3S. The fourth-order valence-corrected chi connectivity index (χ4v) is 2.01. The van der Waals surface area contributed by atoms with E-state index in [1.165, 1.54) is 17.1 Å². The van der Waals surface area contributed by atoms with Crippen molar-refractivity contribution >= 4 is 25.3 Å². The van der Waals surface area contributed by atoms with Crippen LogP contribution in [-0.4, -0.2) is 34.0 Å². The van der Waals surface area contributed by atoms with Crippen LogP contribution in [0.2, 0.25) is 0 Å². The van der Waals surface area contributed by atoms with Gasteiger partial charge in [-0.15, -0.1) is 0 Å². The van der Waals surface area contributed by atoms with Crippen molar-refractivity contribution in [3.63, 3.8) is 0 Å². The smallest absolute Gasteiger partial charge is 0.254 e. The fraction of sp³-hybridized carbons (Fsp3) is 0.636. The Morgan fingerprint density at radius 3 is 2.12 bits per heavy atom. The molecule has 0 aromatic carbocycles. The van der Waals surface area contributed by atoms with Gasteiger partial charge in [0.15, 0.2) is 0 Å². The van der Waals surface area contributed by atoms with Crippen molar-refractivity contribution in [1.82, 2.24) is 4.90 Å². The minimum Gasteiger partial charge on any atom is -0.396 e. The number of carbonyl (C=O) groups excluding carboxylic acids is 2. The molecule has 1 N–H and O–H groups in total. The van der Waals surface area contributed by atoms with E-state index in [0.29, 0.717) is 6.42 Å². The zero-order valence-electron chi connectivity index (χ0n) is 9.86. The molecule has 0 aliphatic carbocycles. The zero-order chi connectivity index (χ0) is 11.6. The van der Waals surface area contributed by atoms with Crippen molar-refractivity contribution < 1.29 is 14.7 Å². The van der Waals surface area contributed by atoms with Crippen molar-refractivity contribution in [2.24, 2.45) is 5.92 Å². The highest BCUT2D eigenvalue weighted by molar-refractivity contribution is 7.59. The molecule has 0 saturated carbocycles. The van der Waals surface area contributed by atoms with Gasteiger partial charge in [0, 0.05) is 24.3 Å². The van der Waals surface area contributed by atoms with Crippen LogP contribution in [0.4, 0.5) is 0 Å². The molecule has 0 fully saturated rings. The molecule has 0 aromatic rings. The Morgan fingerprint density at radius 1 is 1.31 bits per heavy atom. The highest BCUT2D eigenvalue weighted by atomic mass is 32.1. The Kier molecular flexibility index (Phi) is 5.22. The van der Waals surface area contributed by atoms with E-state index in [-0.39, 0.29) is 37.8 Å². The molecule has 92 valence electrons. The van der Waals surface area contributed by atoms with Gasteiger partial charge in [0.2, 0.25) is 0 Å². The van der Waals surface area contributed by atoms with Gasteiger partial charge in [-0.05, 0) is 26.2 Å². The van der Waals surface area contributed by atoms with E-state index in [9.17, 15) is 9.59 Å². The monoisotopic (exact) mass is 245 g/mol. The van der Waals surface area contributed by atoms with E-state index in [2.05, 4.69) is 0 Å². The lowest BCUT2D eigenvalue weighted by molar-refractivity contribution is -0.143. The summed E-state index contributed by atoms with van der Waals surface area (Å²) in [5, 5.41) is 8.97. The van der Waals surface area contributed by atoms with E-state index in [1.54, 1.807) is 0 Å². The molecule has 1 heterocycles. The Bertz CT molecular complexity index is 294. The standard InChI is InChI=1S/C11H17NO3.H2S/c1-8(7-13)6-11(2,3)12-9(14)4-5-10(12)15;/h4-5,8,13H,6-7H2,1-3H3;1H2. The molecular weight excluding hydrogens is 226 g/mol. The molecule has 5 heteroatoms. The third-order valence-corrected chi connectivity index (χ3v) is 2.57. The maximum absolute atomic E-state index is 11.5. The van der Waals surface area contributed by atoms with Gasteiger partial charge in [0.25, 0.3) is 11.8 Å². The zero-order valence-corrected chi connectivity index (χ0v) is 10.9. The molecule has 1 rings (SSSR count). The Labute approximate surface area is 103 Å². The van der Waals surface area contributed by atoms with Gasteiger partial charge in [-0.2, -0.15) is 13.5 Å². The first-order valence-electron chi connectivity index (χ1n) is 5.05. The number of carbonyl (C=O) groups is 2. The molecule has 0 radical (unpaired) electrons. The maximum Gasteiger partial charge on any atom is 0.254 e. The van der Waals surface area contributed by atoms with Crippen LogP contribution >= 0.6 is 13.5 Å². The third kappa shape index (κ3) is 3.09. The molecule has 4 nitrogen and oxygen atoms in total. The molecule has 16 heavy (non-hydrogen) atoms. The van der Waals surface area contributed by atoms with Gasteiger partial charge in [-0.3, -0.25) is 14.5 Å². The minimum atomic E-state index is -0.542. The van der Waals surface area contributed by atoms with E-state index in [0.717, 1.165) is 0 Å². The fourth-order valence-electron chi connectivity index (χ4n) is 2.01. The number of nitrogens with zero attached hydrogens (tertiary/aromatic N) is 1. The highest BCUT2D eigenvalue weighted by Gasteiger charge is 2.37. The lowest BCUT2D eigenvalue weighted by Crippen LogP contribution is -2.48. The SMILES string of the molecule is CC(CO)CC(C)(C)N1C(=O)C=CC1=O.S. The van der Waals surface area contributed by atoms with Crippen molar-refractivity contribution in [2.45, 2.75) is 32.7 Å². The van der Waals surface area contributed by atoms with Crippen molar-refractivity contribution in [3.05, 3.63) is 12.2 Å². The van der Waals surface area contributed by atoms with Crippen molar-refractivity contribution in [3.8, 4) is 0 Å². The molecule has 0 spiro atoms. The normalized spacial score (nSPS) is 17.6. The quantitative estimate of drug-likeness (QED) is 0.746. The van der Waals surface area contributed by atoms with Crippen LogP contribution in [0.3, 0.4) is 0 Å². The van der Waals surface area contributed by atoms with E-state index < -0.39 is 5.54 Å². The lowest BCUT2D eigenvalue weighted by atomic mass is 9.90. The molecule has 2 amide bonds. The van der Waals surface area contributed by atoms with Gasteiger partial charge in [0.1, 0.15) is 0 Å². The molecule has 0 saturated heterocycles. The summed E-state index contributed by atoms with van der Waals surface area (Å²) in [6.07, 6.45) is 3.17. The highest BCUT2D eigenvalue weighted by Crippen LogP contribution is 2.26. The van der Waals surface area contributed by atoms with Crippen LogP contribution in [0.25, 0.3) is 0 Å². The summed E-state index contributed by atoms with van der Waals surface area (Å²) < 4.78 is 0. The summed E-state index contributed by atoms with van der Waals surface area (Å²) in [7, 11) is 0. The van der Waals surface area contributed by atoms with Crippen LogP contribution in [-0.2, 0) is 9.59 Å². The molecule has 1 aliphatic rings. The Morgan fingerprint density at radius 2 is 1.75 bits per heavy atom. The average molecular weight is 245 g/mol. The van der Waals surface area contributed by atoms with Crippen LogP contribution in [0, 0.1) is 5.92 Å². The summed E-state index contributed by atoms with van der Waals surface area (Å²) in [5.74, 6) is -0.466. The topological polar surface area (TPSA) is 57.6 Å². The van der Waals surface area contributed by atoms with E-state index in [4.69, 9.17) is 5.11 Å². The largest absolute Gasteiger partial charge is 0.396 e. The van der Waals surface area contributed by atoms with Crippen LogP contribution in [0.1, 0.15) is 27.2 Å². The maximum atomic E-state index is 11.5. The first-order chi connectivity index (χ1) is 6.88. The average Bonchev–Trinajstić information content (AvgIpc) is 2.45. The second kappa shape index (κ2) is 5.50. The van der Waals surface area contributed by atoms with Crippen molar-refractivity contribution in [1.29, 1.82) is 0 Å². The summed E-state index contributed by atoms with van der Waals surface area (Å²) in [5.41, 5.74) is -0.542. The minimum absolute atomic E-state index is 0. The second-order valence-corrected chi connectivity index (χ2v) is 4.65. The molecule has 1 aliphatic heterocycles. The van der Waals surface area contributed by atoms with Crippen LogP contribution < -0.4 is 0 Å². The molecule has 1 atom stereocenters. The third-order valence-electron chi connectivity index (χ3n) is 2.57. The molecule has 1 unspecified atom stereocenters. The van der Waals surface area contributed by atoms with E-state index >= 15 is 0 Å². The van der Waals surface area contributed by atoms with Gasteiger partial charge in [-0.25, -0.2) is 0 Å². The summed E-state index contributed by atoms with van der Waals surface area (Å²) >= 11 is 0. The number of hydrogen-bond donors (Lipinski definition) is 1. The Hall–Kier alpha value is -0.810. The predicted octanol–water partition coefficient (Wildman–Crippen LogP) is 0.821. The van der Waals surface area contributed by atoms with E-state index in [1.807, 2.05) is 20.8 Å². The second-order valence-electron chi connectivity index (χ2n) is 4.65. The first kappa shape index (κ1) is 15.2. The summed E-state index contributed by atoms with van der Waals surface area (Å²) in [6, 6.07) is 0. The predicted molar refractivity (Wildman–Crippen MR) is 66.3 cm³/mol. The van der Waals surface area contributed by atoms with Crippen molar-refractivity contribution in [2.75, 3.05) is 6.61 Å². The lowest BCUT2D eigenvalue weighted by Gasteiger charge is -2.35. The number of hydrogen-bond acceptors (Lipinski definition) is 3. The number of rotatable bonds is 4. The van der Waals surface area contributed by atoms with Gasteiger partial charge in [-0.1, -0.05) is 6.92 Å². The van der Waals surface area contributed by atoms with Gasteiger partial charge < -0.3 is 5.11 Å². The molecule has 0 bridgehead atoms. The summed E-state index contributed by atoms with van der Waals surface area (Å²) in [6.45, 7) is 5.62. The van der Waals surface area contributed by atoms with Crippen LogP contribution in [0.5, 0.6) is 0 Å². The molecule has 0 aromatic heterocycles.